The molecular weight excluding hydrogens is 430 g/mol. The Bertz CT molecular complexity index is 1040. The van der Waals surface area contributed by atoms with Gasteiger partial charge in [-0.05, 0) is 49.0 Å². The lowest BCUT2D eigenvalue weighted by atomic mass is 10.2. The molecule has 2 rings (SSSR count). The number of methoxy groups -OCH3 is 1. The first kappa shape index (κ1) is 23.6. The molecule has 0 saturated heterocycles. The monoisotopic (exact) mass is 451 g/mol. The Hall–Kier alpha value is -2.72. The van der Waals surface area contributed by atoms with E-state index in [4.69, 9.17) is 16.3 Å². The average molecular weight is 452 g/mol. The Morgan fingerprint density at radius 3 is 2.43 bits per heavy atom. The molecule has 0 radical (unpaired) electrons. The predicted octanol–water partition coefficient (Wildman–Crippen LogP) is 2.28. The molecule has 10 heteroatoms. The third kappa shape index (κ3) is 6.67. The largest absolute Gasteiger partial charge is 0.383 e. The number of nitrogens with one attached hydrogen (secondary N) is 3. The van der Waals surface area contributed by atoms with Crippen LogP contribution in [0.3, 0.4) is 0 Å². The third-order valence-corrected chi connectivity index (χ3v) is 5.70. The molecule has 0 spiro atoms. The van der Waals surface area contributed by atoms with Crippen LogP contribution in [0.5, 0.6) is 0 Å². The summed E-state index contributed by atoms with van der Waals surface area (Å²) in [6.45, 7) is 0.745. The summed E-state index contributed by atoms with van der Waals surface area (Å²) in [5, 5.41) is 5.52. The van der Waals surface area contributed by atoms with Gasteiger partial charge in [-0.3, -0.25) is 9.59 Å². The van der Waals surface area contributed by atoms with Crippen molar-refractivity contribution in [1.29, 1.82) is 0 Å². The van der Waals surface area contributed by atoms with Gasteiger partial charge >= 0.3 is 0 Å². The van der Waals surface area contributed by atoms with E-state index in [9.17, 15) is 18.0 Å². The molecule has 0 atom stereocenters. The predicted molar refractivity (Wildman–Crippen MR) is 116 cm³/mol. The minimum atomic E-state index is -3.51. The summed E-state index contributed by atoms with van der Waals surface area (Å²) in [6.07, 6.45) is 2.85. The third-order valence-electron chi connectivity index (χ3n) is 3.96. The van der Waals surface area contributed by atoms with Crippen LogP contribution in [-0.4, -0.2) is 47.5 Å². The van der Waals surface area contributed by atoms with Crippen LogP contribution < -0.4 is 15.4 Å². The van der Waals surface area contributed by atoms with Gasteiger partial charge in [0.1, 0.15) is 0 Å². The van der Waals surface area contributed by atoms with E-state index in [2.05, 4.69) is 15.4 Å². The molecule has 2 aromatic rings. The normalized spacial score (nSPS) is 11.4. The Balaban J connectivity index is 1.99. The van der Waals surface area contributed by atoms with Crippen LogP contribution in [0.15, 0.2) is 53.4 Å². The number of amides is 2. The van der Waals surface area contributed by atoms with Crippen molar-refractivity contribution in [3.05, 3.63) is 64.7 Å². The number of hydrogen-bond donors (Lipinski definition) is 3. The quantitative estimate of drug-likeness (QED) is 0.400. The van der Waals surface area contributed by atoms with Gasteiger partial charge in [-0.1, -0.05) is 23.7 Å². The van der Waals surface area contributed by atoms with Gasteiger partial charge in [0.05, 0.1) is 22.1 Å². The second-order valence-electron chi connectivity index (χ2n) is 6.04. The van der Waals surface area contributed by atoms with Crippen LogP contribution in [0.1, 0.15) is 15.9 Å². The van der Waals surface area contributed by atoms with E-state index in [0.717, 1.165) is 0 Å². The standard InChI is InChI=1S/C20H22ClN3O5S/c1-22-30(27,28)16-7-3-14(4-8-16)5-10-19(25)24-15-6-9-17(18(21)13-15)20(26)23-11-12-29-2/h3-10,13,22H,11-12H2,1-2H3,(H,23,26)(H,24,25)/b10-5+. The number of carbonyl (C=O) groups is 2. The number of rotatable bonds is 9. The van der Waals surface area contributed by atoms with Crippen LogP contribution in [-0.2, 0) is 19.6 Å². The second-order valence-corrected chi connectivity index (χ2v) is 8.34. The molecule has 0 bridgehead atoms. The lowest BCUT2D eigenvalue weighted by Crippen LogP contribution is -2.27. The van der Waals surface area contributed by atoms with Gasteiger partial charge in [-0.25, -0.2) is 13.1 Å². The van der Waals surface area contributed by atoms with Crippen LogP contribution in [0.2, 0.25) is 5.02 Å². The highest BCUT2D eigenvalue weighted by molar-refractivity contribution is 7.89. The summed E-state index contributed by atoms with van der Waals surface area (Å²) in [5.41, 5.74) is 1.37. The number of halogens is 1. The fraction of sp³-hybridized carbons (Fsp3) is 0.200. The average Bonchev–Trinajstić information content (AvgIpc) is 2.72. The zero-order valence-electron chi connectivity index (χ0n) is 16.4. The van der Waals surface area contributed by atoms with E-state index in [1.54, 1.807) is 24.3 Å². The minimum Gasteiger partial charge on any atom is -0.383 e. The molecule has 0 unspecified atom stereocenters. The first-order chi connectivity index (χ1) is 14.3. The van der Waals surface area contributed by atoms with Crippen LogP contribution in [0.25, 0.3) is 6.08 Å². The van der Waals surface area contributed by atoms with E-state index in [-0.39, 0.29) is 21.4 Å². The van der Waals surface area contributed by atoms with Crippen LogP contribution in [0.4, 0.5) is 5.69 Å². The Morgan fingerprint density at radius 1 is 1.13 bits per heavy atom. The van der Waals surface area contributed by atoms with Crippen LogP contribution >= 0.6 is 11.6 Å². The molecule has 0 fully saturated rings. The van der Waals surface area contributed by atoms with E-state index in [0.29, 0.717) is 24.4 Å². The highest BCUT2D eigenvalue weighted by Crippen LogP contribution is 2.21. The van der Waals surface area contributed by atoms with E-state index in [1.165, 1.54) is 44.5 Å². The van der Waals surface area contributed by atoms with E-state index >= 15 is 0 Å². The first-order valence-corrected chi connectivity index (χ1v) is 10.7. The maximum absolute atomic E-state index is 12.1. The smallest absolute Gasteiger partial charge is 0.252 e. The lowest BCUT2D eigenvalue weighted by molar-refractivity contribution is -0.111. The Kier molecular flexibility index (Phi) is 8.55. The van der Waals surface area contributed by atoms with Gasteiger partial charge in [-0.2, -0.15) is 0 Å². The molecule has 30 heavy (non-hydrogen) atoms. The molecule has 0 aromatic heterocycles. The fourth-order valence-electron chi connectivity index (χ4n) is 2.37. The van der Waals surface area contributed by atoms with Crippen LogP contribution in [0, 0.1) is 0 Å². The minimum absolute atomic E-state index is 0.132. The van der Waals surface area contributed by atoms with Crippen molar-refractivity contribution in [1.82, 2.24) is 10.0 Å². The highest BCUT2D eigenvalue weighted by atomic mass is 35.5. The molecule has 2 amide bonds. The fourth-order valence-corrected chi connectivity index (χ4v) is 3.37. The summed E-state index contributed by atoms with van der Waals surface area (Å²) in [6, 6.07) is 10.6. The molecule has 0 aliphatic rings. The van der Waals surface area contributed by atoms with Gasteiger partial charge in [-0.15, -0.1) is 0 Å². The Labute approximate surface area is 180 Å². The number of hydrogen-bond acceptors (Lipinski definition) is 5. The summed E-state index contributed by atoms with van der Waals surface area (Å²) in [7, 11) is -0.638. The van der Waals surface area contributed by atoms with E-state index < -0.39 is 15.9 Å². The van der Waals surface area contributed by atoms with Crippen molar-refractivity contribution in [2.75, 3.05) is 32.6 Å². The van der Waals surface area contributed by atoms with Gasteiger partial charge in [0, 0.05) is 25.4 Å². The van der Waals surface area contributed by atoms with Crippen molar-refractivity contribution in [3.63, 3.8) is 0 Å². The lowest BCUT2D eigenvalue weighted by Gasteiger charge is -2.08. The van der Waals surface area contributed by atoms with Crippen molar-refractivity contribution >= 4 is 45.2 Å². The molecule has 8 nitrogen and oxygen atoms in total. The number of anilines is 1. The molecule has 0 aliphatic carbocycles. The van der Waals surface area contributed by atoms with Crippen molar-refractivity contribution in [2.24, 2.45) is 0 Å². The number of sulfonamides is 1. The van der Waals surface area contributed by atoms with Gasteiger partial charge in [0.15, 0.2) is 0 Å². The van der Waals surface area contributed by atoms with Crippen molar-refractivity contribution in [3.8, 4) is 0 Å². The molecular formula is C20H22ClN3O5S. The first-order valence-electron chi connectivity index (χ1n) is 8.86. The zero-order valence-corrected chi connectivity index (χ0v) is 18.0. The maximum Gasteiger partial charge on any atom is 0.252 e. The highest BCUT2D eigenvalue weighted by Gasteiger charge is 2.12. The zero-order chi connectivity index (χ0) is 22.1. The van der Waals surface area contributed by atoms with Gasteiger partial charge in [0.2, 0.25) is 15.9 Å². The van der Waals surface area contributed by atoms with Crippen molar-refractivity contribution < 1.29 is 22.7 Å². The summed E-state index contributed by atoms with van der Waals surface area (Å²) in [4.78, 5) is 24.3. The number of ether oxygens (including phenoxy) is 1. The summed E-state index contributed by atoms with van der Waals surface area (Å²) < 4.78 is 30.5. The molecule has 160 valence electrons. The number of benzene rings is 2. The summed E-state index contributed by atoms with van der Waals surface area (Å²) in [5.74, 6) is -0.742. The molecule has 2 aromatic carbocycles. The van der Waals surface area contributed by atoms with Gasteiger partial charge < -0.3 is 15.4 Å². The maximum atomic E-state index is 12.1. The molecule has 3 N–H and O–H groups in total. The van der Waals surface area contributed by atoms with Crippen molar-refractivity contribution in [2.45, 2.75) is 4.90 Å². The van der Waals surface area contributed by atoms with E-state index in [1.807, 2.05) is 0 Å². The second kappa shape index (κ2) is 10.9. The summed E-state index contributed by atoms with van der Waals surface area (Å²) >= 11 is 6.14. The van der Waals surface area contributed by atoms with Gasteiger partial charge in [0.25, 0.3) is 5.91 Å². The molecule has 0 saturated carbocycles. The molecule has 0 heterocycles. The number of carbonyl (C=O) groups excluding carboxylic acids is 2. The Morgan fingerprint density at radius 2 is 1.83 bits per heavy atom. The topological polar surface area (TPSA) is 114 Å². The molecule has 0 aliphatic heterocycles. The SMILES string of the molecule is CNS(=O)(=O)c1ccc(/C=C/C(=O)Nc2ccc(C(=O)NCCOC)c(Cl)c2)cc1.